The van der Waals surface area contributed by atoms with E-state index in [1.807, 2.05) is 12.3 Å². The van der Waals surface area contributed by atoms with Crippen LogP contribution in [0.4, 0.5) is 11.5 Å². The summed E-state index contributed by atoms with van der Waals surface area (Å²) in [6, 6.07) is 10.7. The molecule has 3 rings (SSSR count). The number of rotatable bonds is 2. The van der Waals surface area contributed by atoms with Crippen LogP contribution in [-0.4, -0.2) is 11.5 Å². The molecule has 0 radical (unpaired) electrons. The van der Waals surface area contributed by atoms with Gasteiger partial charge in [0, 0.05) is 30.5 Å². The molecule has 104 valence electrons. The Morgan fingerprint density at radius 2 is 2.05 bits per heavy atom. The van der Waals surface area contributed by atoms with E-state index in [2.05, 4.69) is 41.1 Å². The van der Waals surface area contributed by atoms with E-state index in [-0.39, 0.29) is 0 Å². The number of nitrogens with zero attached hydrogens (tertiary/aromatic N) is 2. The molecule has 1 aliphatic heterocycles. The van der Waals surface area contributed by atoms with Crippen molar-refractivity contribution in [1.29, 1.82) is 0 Å². The summed E-state index contributed by atoms with van der Waals surface area (Å²) in [6.07, 6.45) is 5.46. The van der Waals surface area contributed by atoms with Gasteiger partial charge in [-0.15, -0.1) is 0 Å². The summed E-state index contributed by atoms with van der Waals surface area (Å²) in [4.78, 5) is 6.97. The fraction of sp³-hybridized carbons (Fsp3) is 0.353. The van der Waals surface area contributed by atoms with Crippen LogP contribution in [0.25, 0.3) is 0 Å². The third kappa shape index (κ3) is 2.29. The largest absolute Gasteiger partial charge is 0.326 e. The molecule has 0 unspecified atom stereocenters. The van der Waals surface area contributed by atoms with Crippen LogP contribution in [0.2, 0.25) is 0 Å². The Hall–Kier alpha value is -1.87. The molecule has 1 aromatic carbocycles. The quantitative estimate of drug-likeness (QED) is 0.907. The van der Waals surface area contributed by atoms with Gasteiger partial charge in [-0.25, -0.2) is 4.98 Å². The van der Waals surface area contributed by atoms with Crippen molar-refractivity contribution < 1.29 is 0 Å². The van der Waals surface area contributed by atoms with E-state index in [1.165, 1.54) is 29.7 Å². The predicted octanol–water partition coefficient (Wildman–Crippen LogP) is 3.32. The maximum atomic E-state index is 5.95. The number of benzene rings is 1. The summed E-state index contributed by atoms with van der Waals surface area (Å²) in [6.45, 7) is 3.66. The molecule has 1 aromatic heterocycles. The highest BCUT2D eigenvalue weighted by Crippen LogP contribution is 2.33. The lowest BCUT2D eigenvalue weighted by molar-refractivity contribution is 0.755. The average Bonchev–Trinajstić information content (AvgIpc) is 2.69. The maximum Gasteiger partial charge on any atom is 0.137 e. The normalized spacial score (nSPS) is 14.8. The monoisotopic (exact) mass is 267 g/mol. The number of hydrogen-bond acceptors (Lipinski definition) is 3. The Morgan fingerprint density at radius 3 is 2.90 bits per heavy atom. The fourth-order valence-corrected chi connectivity index (χ4v) is 2.97. The van der Waals surface area contributed by atoms with Gasteiger partial charge < -0.3 is 10.6 Å². The second-order valence-corrected chi connectivity index (χ2v) is 5.37. The van der Waals surface area contributed by atoms with E-state index in [1.54, 1.807) is 0 Å². The summed E-state index contributed by atoms with van der Waals surface area (Å²) >= 11 is 0. The summed E-state index contributed by atoms with van der Waals surface area (Å²) in [7, 11) is 0. The van der Waals surface area contributed by atoms with Crippen LogP contribution in [-0.2, 0) is 13.0 Å². The minimum atomic E-state index is 0.535. The molecule has 20 heavy (non-hydrogen) atoms. The van der Waals surface area contributed by atoms with Crippen molar-refractivity contribution in [2.45, 2.75) is 32.7 Å². The number of aryl methyl sites for hydroxylation is 2. The second-order valence-electron chi connectivity index (χ2n) is 5.37. The molecular formula is C17H21N3. The van der Waals surface area contributed by atoms with Gasteiger partial charge in [-0.2, -0.15) is 0 Å². The van der Waals surface area contributed by atoms with Gasteiger partial charge in [0.1, 0.15) is 5.82 Å². The van der Waals surface area contributed by atoms with Gasteiger partial charge >= 0.3 is 0 Å². The number of anilines is 2. The van der Waals surface area contributed by atoms with Crippen molar-refractivity contribution in [3.05, 3.63) is 53.2 Å². The Bertz CT molecular complexity index is 607. The molecule has 0 saturated heterocycles. The number of aromatic nitrogens is 1. The molecule has 0 saturated carbocycles. The molecule has 0 bridgehead atoms. The second kappa shape index (κ2) is 5.63. The minimum Gasteiger partial charge on any atom is -0.326 e. The number of hydrogen-bond donors (Lipinski definition) is 1. The van der Waals surface area contributed by atoms with Crippen LogP contribution >= 0.6 is 0 Å². The molecule has 2 aromatic rings. The molecule has 1 aliphatic rings. The Labute approximate surface area is 120 Å². The Balaban J connectivity index is 2.12. The van der Waals surface area contributed by atoms with Gasteiger partial charge in [0.25, 0.3) is 0 Å². The molecule has 0 amide bonds. The van der Waals surface area contributed by atoms with Crippen LogP contribution in [0.3, 0.4) is 0 Å². The van der Waals surface area contributed by atoms with Gasteiger partial charge in [-0.3, -0.25) is 0 Å². The van der Waals surface area contributed by atoms with Crippen LogP contribution in [0.1, 0.15) is 29.5 Å². The first-order valence-corrected chi connectivity index (χ1v) is 7.31. The van der Waals surface area contributed by atoms with Crippen molar-refractivity contribution in [2.24, 2.45) is 5.73 Å². The van der Waals surface area contributed by atoms with E-state index in [0.717, 1.165) is 24.3 Å². The van der Waals surface area contributed by atoms with Crippen molar-refractivity contribution in [3.8, 4) is 0 Å². The number of para-hydroxylation sites is 1. The van der Waals surface area contributed by atoms with E-state index in [4.69, 9.17) is 5.73 Å². The van der Waals surface area contributed by atoms with E-state index < -0.39 is 0 Å². The SMILES string of the molecule is Cc1ccnc(N2CCCCc3ccccc32)c1CN. The van der Waals surface area contributed by atoms with Crippen LogP contribution < -0.4 is 10.6 Å². The Morgan fingerprint density at radius 1 is 1.20 bits per heavy atom. The highest BCUT2D eigenvalue weighted by Gasteiger charge is 2.20. The van der Waals surface area contributed by atoms with Crippen LogP contribution in [0.15, 0.2) is 36.5 Å². The predicted molar refractivity (Wildman–Crippen MR) is 83.3 cm³/mol. The molecule has 0 atom stereocenters. The van der Waals surface area contributed by atoms with Crippen molar-refractivity contribution in [2.75, 3.05) is 11.4 Å². The average molecular weight is 267 g/mol. The van der Waals surface area contributed by atoms with Gasteiger partial charge in [-0.1, -0.05) is 18.2 Å². The van der Waals surface area contributed by atoms with Gasteiger partial charge in [0.05, 0.1) is 0 Å². The fourth-order valence-electron chi connectivity index (χ4n) is 2.97. The number of fused-ring (bicyclic) bond motifs is 1. The summed E-state index contributed by atoms with van der Waals surface area (Å²) in [5.41, 5.74) is 11.0. The zero-order valence-electron chi connectivity index (χ0n) is 12.0. The minimum absolute atomic E-state index is 0.535. The molecule has 0 aliphatic carbocycles. The van der Waals surface area contributed by atoms with E-state index in [0.29, 0.717) is 6.54 Å². The summed E-state index contributed by atoms with van der Waals surface area (Å²) in [5, 5.41) is 0. The van der Waals surface area contributed by atoms with Gasteiger partial charge in [0.15, 0.2) is 0 Å². The van der Waals surface area contributed by atoms with Gasteiger partial charge in [-0.05, 0) is 49.4 Å². The van der Waals surface area contributed by atoms with Crippen molar-refractivity contribution in [3.63, 3.8) is 0 Å². The zero-order chi connectivity index (χ0) is 13.9. The Kier molecular flexibility index (Phi) is 3.70. The third-order valence-corrected chi connectivity index (χ3v) is 4.09. The lowest BCUT2D eigenvalue weighted by atomic mass is 10.1. The molecular weight excluding hydrogens is 246 g/mol. The topological polar surface area (TPSA) is 42.2 Å². The first-order valence-electron chi connectivity index (χ1n) is 7.31. The number of nitrogens with two attached hydrogens (primary N) is 1. The smallest absolute Gasteiger partial charge is 0.137 e. The number of pyridine rings is 1. The molecule has 2 heterocycles. The van der Waals surface area contributed by atoms with Crippen LogP contribution in [0.5, 0.6) is 0 Å². The standard InChI is InChI=1S/C17H21N3/c1-13-9-10-19-17(15(13)12-18)20-11-5-4-7-14-6-2-3-8-16(14)20/h2-3,6,8-10H,4-5,7,11-12,18H2,1H3. The highest BCUT2D eigenvalue weighted by atomic mass is 15.2. The summed E-state index contributed by atoms with van der Waals surface area (Å²) < 4.78 is 0. The molecule has 3 nitrogen and oxygen atoms in total. The lowest BCUT2D eigenvalue weighted by Crippen LogP contribution is -2.22. The van der Waals surface area contributed by atoms with E-state index in [9.17, 15) is 0 Å². The van der Waals surface area contributed by atoms with Crippen LogP contribution in [0, 0.1) is 6.92 Å². The van der Waals surface area contributed by atoms with Crippen molar-refractivity contribution >= 4 is 11.5 Å². The lowest BCUT2D eigenvalue weighted by Gasteiger charge is -2.26. The molecule has 0 spiro atoms. The van der Waals surface area contributed by atoms with Crippen molar-refractivity contribution in [1.82, 2.24) is 4.98 Å². The highest BCUT2D eigenvalue weighted by molar-refractivity contribution is 5.67. The van der Waals surface area contributed by atoms with Gasteiger partial charge in [0.2, 0.25) is 0 Å². The van der Waals surface area contributed by atoms with E-state index >= 15 is 0 Å². The third-order valence-electron chi connectivity index (χ3n) is 4.09. The molecule has 3 heteroatoms. The molecule has 0 fully saturated rings. The maximum absolute atomic E-state index is 5.95. The first-order chi connectivity index (χ1) is 9.81. The molecule has 2 N–H and O–H groups in total. The first kappa shape index (κ1) is 13.1. The zero-order valence-corrected chi connectivity index (χ0v) is 12.0. The summed E-state index contributed by atoms with van der Waals surface area (Å²) in [5.74, 6) is 1.03.